The van der Waals surface area contributed by atoms with Crippen molar-refractivity contribution in [1.29, 1.82) is 0 Å². The van der Waals surface area contributed by atoms with Crippen LogP contribution in [0.2, 0.25) is 0 Å². The number of amides is 1. The van der Waals surface area contributed by atoms with Crippen LogP contribution in [0.3, 0.4) is 0 Å². The fourth-order valence-electron chi connectivity index (χ4n) is 1.93. The van der Waals surface area contributed by atoms with Crippen molar-refractivity contribution in [2.75, 3.05) is 31.1 Å². The van der Waals surface area contributed by atoms with Gasteiger partial charge in [0.25, 0.3) is 0 Å². The lowest BCUT2D eigenvalue weighted by atomic mass is 10.2. The Labute approximate surface area is 120 Å². The topological polar surface area (TPSA) is 43.8 Å². The fraction of sp³-hybridized carbons (Fsp3) is 0.364. The Balaban J connectivity index is 2.23. The van der Waals surface area contributed by atoms with Crippen molar-refractivity contribution < 1.29 is 23.1 Å². The maximum absolute atomic E-state index is 13.5. The molecule has 0 unspecified atom stereocenters. The second-order valence-electron chi connectivity index (χ2n) is 4.08. The summed E-state index contributed by atoms with van der Waals surface area (Å²) in [5, 5.41) is 8.81. The minimum Gasteiger partial charge on any atom is -0.465 e. The molecular formula is C11H10F3IN2O2. The predicted molar refractivity (Wildman–Crippen MR) is 70.8 cm³/mol. The van der Waals surface area contributed by atoms with Crippen LogP contribution in [0.5, 0.6) is 0 Å². The molecule has 1 aliphatic heterocycles. The van der Waals surface area contributed by atoms with E-state index in [2.05, 4.69) is 0 Å². The summed E-state index contributed by atoms with van der Waals surface area (Å²) in [6.45, 7) is 1.11. The molecule has 0 radical (unpaired) electrons. The summed E-state index contributed by atoms with van der Waals surface area (Å²) < 4.78 is 39.7. The zero-order valence-electron chi connectivity index (χ0n) is 9.67. The molecule has 104 valence electrons. The highest BCUT2D eigenvalue weighted by Gasteiger charge is 2.25. The van der Waals surface area contributed by atoms with Gasteiger partial charge in [-0.3, -0.25) is 0 Å². The molecule has 1 fully saturated rings. The van der Waals surface area contributed by atoms with E-state index in [1.165, 1.54) is 4.90 Å². The predicted octanol–water partition coefficient (Wildman–Crippen LogP) is 2.51. The van der Waals surface area contributed by atoms with E-state index in [1.54, 1.807) is 27.5 Å². The Morgan fingerprint density at radius 1 is 1.16 bits per heavy atom. The quantitative estimate of drug-likeness (QED) is 0.459. The summed E-state index contributed by atoms with van der Waals surface area (Å²) >= 11 is 1.61. The Morgan fingerprint density at radius 2 is 1.74 bits per heavy atom. The molecule has 4 nitrogen and oxygen atoms in total. The van der Waals surface area contributed by atoms with E-state index in [0.717, 1.165) is 6.07 Å². The highest BCUT2D eigenvalue weighted by atomic mass is 127. The van der Waals surface area contributed by atoms with Crippen LogP contribution >= 0.6 is 22.6 Å². The maximum atomic E-state index is 13.5. The molecule has 0 atom stereocenters. The average Bonchev–Trinajstić information content (AvgIpc) is 2.40. The summed E-state index contributed by atoms with van der Waals surface area (Å²) in [4.78, 5) is 13.6. The number of hydrogen-bond acceptors (Lipinski definition) is 2. The lowest BCUT2D eigenvalue weighted by Crippen LogP contribution is -2.48. The zero-order chi connectivity index (χ0) is 14.2. The SMILES string of the molecule is O=C(O)N1CCN(c2cc(F)c(F)c(F)c2I)CC1. The third-order valence-electron chi connectivity index (χ3n) is 2.97. The molecule has 1 aromatic carbocycles. The summed E-state index contributed by atoms with van der Waals surface area (Å²) in [5.41, 5.74) is 0.252. The first-order valence-corrected chi connectivity index (χ1v) is 6.55. The van der Waals surface area contributed by atoms with Gasteiger partial charge < -0.3 is 14.9 Å². The average molecular weight is 386 g/mol. The van der Waals surface area contributed by atoms with Crippen LogP contribution in [0.15, 0.2) is 6.07 Å². The number of carbonyl (C=O) groups is 1. The van der Waals surface area contributed by atoms with E-state index in [9.17, 15) is 18.0 Å². The van der Waals surface area contributed by atoms with Crippen molar-refractivity contribution in [3.63, 3.8) is 0 Å². The monoisotopic (exact) mass is 386 g/mol. The molecule has 8 heteroatoms. The molecule has 1 aromatic rings. The van der Waals surface area contributed by atoms with Crippen molar-refractivity contribution in [1.82, 2.24) is 4.90 Å². The second kappa shape index (κ2) is 5.43. The first kappa shape index (κ1) is 14.2. The minimum atomic E-state index is -1.49. The van der Waals surface area contributed by atoms with Crippen molar-refractivity contribution in [2.24, 2.45) is 0 Å². The van der Waals surface area contributed by atoms with Crippen LogP contribution in [-0.2, 0) is 0 Å². The summed E-state index contributed by atoms with van der Waals surface area (Å²) in [5.74, 6) is -3.94. The summed E-state index contributed by atoms with van der Waals surface area (Å²) in [6, 6.07) is 0.941. The van der Waals surface area contributed by atoms with Gasteiger partial charge in [0.1, 0.15) is 0 Å². The number of nitrogens with zero attached hydrogens (tertiary/aromatic N) is 2. The van der Waals surface area contributed by atoms with Crippen LogP contribution in [0, 0.1) is 21.0 Å². The molecule has 1 aliphatic rings. The fourth-order valence-corrected chi connectivity index (χ4v) is 2.66. The second-order valence-corrected chi connectivity index (χ2v) is 5.15. The Bertz CT molecular complexity index is 519. The molecule has 0 spiro atoms. The molecule has 0 aromatic heterocycles. The Morgan fingerprint density at radius 3 is 2.26 bits per heavy atom. The number of hydrogen-bond donors (Lipinski definition) is 1. The molecule has 19 heavy (non-hydrogen) atoms. The van der Waals surface area contributed by atoms with Crippen molar-refractivity contribution in [3.05, 3.63) is 27.1 Å². The van der Waals surface area contributed by atoms with E-state index in [4.69, 9.17) is 5.11 Å². The van der Waals surface area contributed by atoms with Crippen molar-refractivity contribution >= 4 is 34.4 Å². The number of benzene rings is 1. The van der Waals surface area contributed by atoms with E-state index in [1.807, 2.05) is 0 Å². The molecule has 0 bridgehead atoms. The van der Waals surface area contributed by atoms with Gasteiger partial charge in [0, 0.05) is 32.2 Å². The minimum absolute atomic E-state index is 0.000255. The van der Waals surface area contributed by atoms with Gasteiger partial charge in [-0.2, -0.15) is 0 Å². The number of rotatable bonds is 1. The van der Waals surface area contributed by atoms with Gasteiger partial charge >= 0.3 is 6.09 Å². The molecule has 1 amide bonds. The number of piperazine rings is 1. The van der Waals surface area contributed by atoms with E-state index < -0.39 is 23.5 Å². The number of carboxylic acid groups (broad SMARTS) is 1. The van der Waals surface area contributed by atoms with Crippen LogP contribution < -0.4 is 4.90 Å². The third-order valence-corrected chi connectivity index (χ3v) is 4.00. The third kappa shape index (κ3) is 2.72. The van der Waals surface area contributed by atoms with E-state index in [0.29, 0.717) is 13.1 Å². The van der Waals surface area contributed by atoms with E-state index >= 15 is 0 Å². The van der Waals surface area contributed by atoms with Gasteiger partial charge in [-0.1, -0.05) is 0 Å². The van der Waals surface area contributed by atoms with Crippen LogP contribution in [0.4, 0.5) is 23.7 Å². The zero-order valence-corrected chi connectivity index (χ0v) is 11.8. The van der Waals surface area contributed by atoms with Crippen LogP contribution in [0.25, 0.3) is 0 Å². The van der Waals surface area contributed by atoms with Crippen LogP contribution in [0.1, 0.15) is 0 Å². The maximum Gasteiger partial charge on any atom is 0.407 e. The first-order chi connectivity index (χ1) is 8.91. The molecule has 1 N–H and O–H groups in total. The summed E-state index contributed by atoms with van der Waals surface area (Å²) in [7, 11) is 0. The van der Waals surface area contributed by atoms with Crippen molar-refractivity contribution in [3.8, 4) is 0 Å². The summed E-state index contributed by atoms with van der Waals surface area (Å²) in [6.07, 6.45) is -1.02. The lowest BCUT2D eigenvalue weighted by molar-refractivity contribution is 0.142. The largest absolute Gasteiger partial charge is 0.465 e. The Kier molecular flexibility index (Phi) is 4.07. The normalized spacial score (nSPS) is 15.8. The molecule has 1 heterocycles. The molecule has 2 rings (SSSR count). The Hall–Kier alpha value is -1.19. The van der Waals surface area contributed by atoms with Gasteiger partial charge in [-0.25, -0.2) is 18.0 Å². The first-order valence-electron chi connectivity index (χ1n) is 5.47. The molecular weight excluding hydrogens is 376 g/mol. The molecule has 0 aliphatic carbocycles. The molecule has 0 saturated carbocycles. The van der Waals surface area contributed by atoms with Gasteiger partial charge in [0.2, 0.25) is 0 Å². The van der Waals surface area contributed by atoms with Crippen molar-refractivity contribution in [2.45, 2.75) is 0 Å². The van der Waals surface area contributed by atoms with Crippen LogP contribution in [-0.4, -0.2) is 42.3 Å². The smallest absolute Gasteiger partial charge is 0.407 e. The van der Waals surface area contributed by atoms with Gasteiger partial charge in [0.15, 0.2) is 17.5 Å². The number of anilines is 1. The van der Waals surface area contributed by atoms with E-state index in [-0.39, 0.29) is 22.3 Å². The van der Waals surface area contributed by atoms with Gasteiger partial charge in [-0.15, -0.1) is 0 Å². The lowest BCUT2D eigenvalue weighted by Gasteiger charge is -2.35. The van der Waals surface area contributed by atoms with Gasteiger partial charge in [0.05, 0.1) is 9.26 Å². The number of halogens is 4. The molecule has 1 saturated heterocycles. The standard InChI is InChI=1S/C11H10F3IN2O2/c12-6-5-7(10(15)9(14)8(6)13)16-1-3-17(4-2-16)11(18)19/h5H,1-4H2,(H,18,19). The van der Waals surface area contributed by atoms with Gasteiger partial charge in [-0.05, 0) is 22.6 Å². The highest BCUT2D eigenvalue weighted by Crippen LogP contribution is 2.29. The highest BCUT2D eigenvalue weighted by molar-refractivity contribution is 14.1.